The smallest absolute Gasteiger partial charge is 0.329 e. The normalized spacial score (nSPS) is 15.7. The van der Waals surface area contributed by atoms with Crippen LogP contribution in [0.5, 0.6) is 0 Å². The van der Waals surface area contributed by atoms with Crippen LogP contribution in [0.25, 0.3) is 0 Å². The van der Waals surface area contributed by atoms with Gasteiger partial charge in [0.25, 0.3) is 0 Å². The quantitative estimate of drug-likeness (QED) is 0.487. The lowest BCUT2D eigenvalue weighted by Crippen LogP contribution is -2.46. The third kappa shape index (κ3) is 7.67. The lowest BCUT2D eigenvalue weighted by Gasteiger charge is -2.31. The van der Waals surface area contributed by atoms with Gasteiger partial charge in [-0.05, 0) is 19.3 Å². The second-order valence-electron chi connectivity index (χ2n) is 4.81. The maximum absolute atomic E-state index is 11.9. The number of aliphatic carboxylic acids is 1. The van der Waals surface area contributed by atoms with Gasteiger partial charge >= 0.3 is 12.0 Å². The molecule has 120 valence electrons. The van der Waals surface area contributed by atoms with Gasteiger partial charge in [-0.3, -0.25) is 0 Å². The van der Waals surface area contributed by atoms with Crippen LogP contribution in [0.15, 0.2) is 12.7 Å². The molecule has 1 rings (SSSR count). The summed E-state index contributed by atoms with van der Waals surface area (Å²) in [6, 6.07) is -0.112. The van der Waals surface area contributed by atoms with Crippen molar-refractivity contribution in [3.8, 4) is 0 Å². The first-order chi connectivity index (χ1) is 10.1. The summed E-state index contributed by atoms with van der Waals surface area (Å²) in [6.07, 6.45) is 3.84. The second kappa shape index (κ2) is 10.2. The first-order valence-electron chi connectivity index (χ1n) is 7.18. The number of amides is 2. The van der Waals surface area contributed by atoms with Crippen molar-refractivity contribution in [3.63, 3.8) is 0 Å². The van der Waals surface area contributed by atoms with E-state index in [1.807, 2.05) is 0 Å². The van der Waals surface area contributed by atoms with Crippen molar-refractivity contribution >= 4 is 12.0 Å². The summed E-state index contributed by atoms with van der Waals surface area (Å²) in [6.45, 7) is 6.05. The average molecular weight is 300 g/mol. The first-order valence-corrected chi connectivity index (χ1v) is 7.18. The van der Waals surface area contributed by atoms with Crippen LogP contribution in [0.3, 0.4) is 0 Å². The molecule has 2 amide bonds. The summed E-state index contributed by atoms with van der Waals surface area (Å²) in [7, 11) is 0. The van der Waals surface area contributed by atoms with E-state index in [0.717, 1.165) is 6.42 Å². The van der Waals surface area contributed by atoms with Crippen LogP contribution in [-0.2, 0) is 14.3 Å². The van der Waals surface area contributed by atoms with Crippen LogP contribution < -0.4 is 5.32 Å². The lowest BCUT2D eigenvalue weighted by atomic mass is 10.1. The Hall–Kier alpha value is -1.60. The molecule has 21 heavy (non-hydrogen) atoms. The molecule has 0 unspecified atom stereocenters. The molecular weight excluding hydrogens is 276 g/mol. The van der Waals surface area contributed by atoms with E-state index in [9.17, 15) is 9.59 Å². The Morgan fingerprint density at radius 2 is 2.05 bits per heavy atom. The van der Waals surface area contributed by atoms with E-state index in [-0.39, 0.29) is 18.7 Å². The zero-order valence-corrected chi connectivity index (χ0v) is 12.3. The van der Waals surface area contributed by atoms with Gasteiger partial charge in [0.05, 0.1) is 19.3 Å². The standard InChI is InChI=1S/C14H24N2O5/c1-2-3-9-20-10-6-15-14(19)16-7-4-12(5-8-16)21-11-13(17)18/h2,12H,1,3-11H2,(H,15,19)(H,17,18). The van der Waals surface area contributed by atoms with E-state index < -0.39 is 5.97 Å². The summed E-state index contributed by atoms with van der Waals surface area (Å²) in [5.74, 6) is -0.966. The predicted octanol–water partition coefficient (Wildman–Crippen LogP) is 0.854. The molecule has 0 aromatic rings. The van der Waals surface area contributed by atoms with E-state index in [0.29, 0.717) is 45.7 Å². The van der Waals surface area contributed by atoms with Gasteiger partial charge < -0.3 is 24.8 Å². The van der Waals surface area contributed by atoms with Gasteiger partial charge in [0.1, 0.15) is 6.61 Å². The fourth-order valence-electron chi connectivity index (χ4n) is 2.03. The average Bonchev–Trinajstić information content (AvgIpc) is 2.49. The second-order valence-corrected chi connectivity index (χ2v) is 4.81. The Kier molecular flexibility index (Phi) is 8.45. The number of urea groups is 1. The number of rotatable bonds is 9. The molecule has 0 spiro atoms. The number of nitrogens with one attached hydrogen (secondary N) is 1. The molecule has 7 nitrogen and oxygen atoms in total. The minimum absolute atomic E-state index is 0.0765. The van der Waals surface area contributed by atoms with Crippen molar-refractivity contribution in [1.82, 2.24) is 10.2 Å². The highest BCUT2D eigenvalue weighted by atomic mass is 16.5. The molecular formula is C14H24N2O5. The summed E-state index contributed by atoms with van der Waals surface area (Å²) >= 11 is 0. The molecule has 1 heterocycles. The number of carboxylic acid groups (broad SMARTS) is 1. The predicted molar refractivity (Wildman–Crippen MR) is 77.2 cm³/mol. The highest BCUT2D eigenvalue weighted by molar-refractivity contribution is 5.74. The summed E-state index contributed by atoms with van der Waals surface area (Å²) in [5, 5.41) is 11.3. The molecule has 0 radical (unpaired) electrons. The van der Waals surface area contributed by atoms with Gasteiger partial charge in [-0.1, -0.05) is 6.08 Å². The van der Waals surface area contributed by atoms with Crippen LogP contribution in [0, 0.1) is 0 Å². The molecule has 1 aliphatic heterocycles. The number of piperidine rings is 1. The zero-order valence-electron chi connectivity index (χ0n) is 12.3. The molecule has 1 saturated heterocycles. The van der Waals surface area contributed by atoms with Gasteiger partial charge in [0, 0.05) is 19.6 Å². The number of hydrogen-bond acceptors (Lipinski definition) is 4. The van der Waals surface area contributed by atoms with E-state index in [1.165, 1.54) is 0 Å². The van der Waals surface area contributed by atoms with Gasteiger partial charge in [0.15, 0.2) is 0 Å². The molecule has 2 N–H and O–H groups in total. The molecule has 1 fully saturated rings. The van der Waals surface area contributed by atoms with E-state index in [4.69, 9.17) is 14.6 Å². The maximum Gasteiger partial charge on any atom is 0.329 e. The van der Waals surface area contributed by atoms with Gasteiger partial charge in [-0.2, -0.15) is 0 Å². The van der Waals surface area contributed by atoms with Crippen LogP contribution in [0.1, 0.15) is 19.3 Å². The summed E-state index contributed by atoms with van der Waals surface area (Å²) < 4.78 is 10.5. The van der Waals surface area contributed by atoms with E-state index >= 15 is 0 Å². The SMILES string of the molecule is C=CCCOCCNC(=O)N1CCC(OCC(=O)O)CC1. The van der Waals surface area contributed by atoms with Crippen molar-refractivity contribution in [1.29, 1.82) is 0 Å². The van der Waals surface area contributed by atoms with Crippen LogP contribution >= 0.6 is 0 Å². The highest BCUT2D eigenvalue weighted by Crippen LogP contribution is 2.13. The van der Waals surface area contributed by atoms with Crippen LogP contribution in [0.4, 0.5) is 4.79 Å². The van der Waals surface area contributed by atoms with E-state index in [1.54, 1.807) is 11.0 Å². The fraction of sp³-hybridized carbons (Fsp3) is 0.714. The third-order valence-electron chi connectivity index (χ3n) is 3.16. The topological polar surface area (TPSA) is 88.1 Å². The van der Waals surface area contributed by atoms with Gasteiger partial charge in [-0.15, -0.1) is 6.58 Å². The number of carboxylic acids is 1. The van der Waals surface area contributed by atoms with Gasteiger partial charge in [0.2, 0.25) is 0 Å². The molecule has 7 heteroatoms. The molecule has 1 aliphatic rings. The summed E-state index contributed by atoms with van der Waals surface area (Å²) in [5.41, 5.74) is 0. The van der Waals surface area contributed by atoms with Crippen LogP contribution in [-0.4, -0.2) is 67.6 Å². The van der Waals surface area contributed by atoms with Gasteiger partial charge in [-0.25, -0.2) is 9.59 Å². The Balaban J connectivity index is 2.08. The fourth-order valence-corrected chi connectivity index (χ4v) is 2.03. The monoisotopic (exact) mass is 300 g/mol. The number of hydrogen-bond donors (Lipinski definition) is 2. The highest BCUT2D eigenvalue weighted by Gasteiger charge is 2.23. The van der Waals surface area contributed by atoms with E-state index in [2.05, 4.69) is 11.9 Å². The Labute approximate surface area is 124 Å². The largest absolute Gasteiger partial charge is 0.480 e. The number of carbonyl (C=O) groups is 2. The molecule has 0 atom stereocenters. The Bertz CT molecular complexity index is 340. The Morgan fingerprint density at radius 3 is 2.67 bits per heavy atom. The van der Waals surface area contributed by atoms with Crippen molar-refractivity contribution in [3.05, 3.63) is 12.7 Å². The minimum atomic E-state index is -0.966. The number of carbonyl (C=O) groups excluding carboxylic acids is 1. The Morgan fingerprint density at radius 1 is 1.33 bits per heavy atom. The lowest BCUT2D eigenvalue weighted by molar-refractivity contribution is -0.145. The minimum Gasteiger partial charge on any atom is -0.480 e. The number of nitrogens with zero attached hydrogens (tertiary/aromatic N) is 1. The van der Waals surface area contributed by atoms with Crippen molar-refractivity contribution < 1.29 is 24.2 Å². The first kappa shape index (κ1) is 17.5. The molecule has 0 saturated carbocycles. The molecule has 0 bridgehead atoms. The third-order valence-corrected chi connectivity index (χ3v) is 3.16. The van der Waals surface area contributed by atoms with Crippen molar-refractivity contribution in [2.45, 2.75) is 25.4 Å². The summed E-state index contributed by atoms with van der Waals surface area (Å²) in [4.78, 5) is 24.0. The van der Waals surface area contributed by atoms with Crippen LogP contribution in [0.2, 0.25) is 0 Å². The molecule has 0 aromatic carbocycles. The molecule has 0 aromatic heterocycles. The zero-order chi connectivity index (χ0) is 15.5. The van der Waals surface area contributed by atoms with Crippen molar-refractivity contribution in [2.24, 2.45) is 0 Å². The number of likely N-dealkylation sites (tertiary alicyclic amines) is 1. The molecule has 0 aliphatic carbocycles. The maximum atomic E-state index is 11.9. The number of ether oxygens (including phenoxy) is 2. The van der Waals surface area contributed by atoms with Crippen molar-refractivity contribution in [2.75, 3.05) is 39.5 Å².